The SMILES string of the molecule is CC[C](C)(C)[Ta]([NH2])([N](C)C)([N](C)C)[N](C)C. The Balaban J connectivity index is 6.06. The van der Waals surface area contributed by atoms with Crippen molar-refractivity contribution in [3.05, 3.63) is 0 Å². The maximum absolute atomic E-state index is 7.13. The van der Waals surface area contributed by atoms with Gasteiger partial charge in [0.1, 0.15) is 0 Å². The van der Waals surface area contributed by atoms with Crippen LogP contribution in [0.4, 0.5) is 0 Å². The molecule has 5 heteroatoms. The molecule has 0 aromatic carbocycles. The predicted molar refractivity (Wildman–Crippen MR) is 69.6 cm³/mol. The van der Waals surface area contributed by atoms with Crippen LogP contribution < -0.4 is 4.14 Å². The molecule has 0 spiro atoms. The van der Waals surface area contributed by atoms with Gasteiger partial charge in [0.2, 0.25) is 0 Å². The van der Waals surface area contributed by atoms with Crippen molar-refractivity contribution < 1.29 is 16.9 Å². The Morgan fingerprint density at radius 2 is 1.12 bits per heavy atom. The van der Waals surface area contributed by atoms with Gasteiger partial charge in [0.05, 0.1) is 0 Å². The predicted octanol–water partition coefficient (Wildman–Crippen LogP) is 1.59. The average molecular weight is 400 g/mol. The van der Waals surface area contributed by atoms with Crippen molar-refractivity contribution >= 4 is 0 Å². The van der Waals surface area contributed by atoms with E-state index in [9.17, 15) is 0 Å². The Hall–Kier alpha value is 0.580. The summed E-state index contributed by atoms with van der Waals surface area (Å²) in [6.07, 6.45) is 1.09. The van der Waals surface area contributed by atoms with Gasteiger partial charge in [0, 0.05) is 0 Å². The third-order valence-corrected chi connectivity index (χ3v) is 30.9. The molecule has 0 saturated carbocycles. The zero-order valence-electron chi connectivity index (χ0n) is 12.6. The Morgan fingerprint density at radius 1 is 0.875 bits per heavy atom. The number of nitrogens with two attached hydrogens (primary N) is 1. The molecule has 0 aliphatic heterocycles. The van der Waals surface area contributed by atoms with E-state index in [4.69, 9.17) is 4.14 Å². The number of hydrogen-bond acceptors (Lipinski definition) is 4. The van der Waals surface area contributed by atoms with E-state index < -0.39 is 16.9 Å². The van der Waals surface area contributed by atoms with E-state index in [2.05, 4.69) is 73.0 Å². The molecule has 0 unspecified atom stereocenters. The van der Waals surface area contributed by atoms with E-state index in [1.165, 1.54) is 0 Å². The fourth-order valence-electron chi connectivity index (χ4n) is 3.00. The summed E-state index contributed by atoms with van der Waals surface area (Å²) < 4.78 is 14.2. The minimum atomic E-state index is -3.85. The van der Waals surface area contributed by atoms with Gasteiger partial charge in [-0.05, 0) is 0 Å². The van der Waals surface area contributed by atoms with Gasteiger partial charge in [-0.25, -0.2) is 0 Å². The normalized spacial score (nSPS) is 16.9. The van der Waals surface area contributed by atoms with E-state index in [1.54, 1.807) is 0 Å². The zero-order valence-corrected chi connectivity index (χ0v) is 15.8. The molecule has 0 bridgehead atoms. The molecule has 0 atom stereocenters. The molecular weight excluding hydrogens is 369 g/mol. The van der Waals surface area contributed by atoms with Crippen LogP contribution in [0.15, 0.2) is 0 Å². The summed E-state index contributed by atoms with van der Waals surface area (Å²) >= 11 is -3.85. The molecule has 16 heavy (non-hydrogen) atoms. The third-order valence-electron chi connectivity index (χ3n) is 4.39. The molecule has 0 fully saturated rings. The Bertz CT molecular complexity index is 224. The minimum absolute atomic E-state index is 0.127. The summed E-state index contributed by atoms with van der Waals surface area (Å²) in [6.45, 7) is 6.85. The molecule has 100 valence electrons. The first-order valence-electron chi connectivity index (χ1n) is 5.83. The van der Waals surface area contributed by atoms with Crippen LogP contribution in [-0.2, 0) is 16.9 Å². The zero-order chi connectivity index (χ0) is 13.4. The van der Waals surface area contributed by atoms with E-state index >= 15 is 0 Å². The number of hydrogen-bond donors (Lipinski definition) is 1. The molecule has 0 heterocycles. The van der Waals surface area contributed by atoms with Crippen LogP contribution in [0.3, 0.4) is 0 Å². The molecule has 2 N–H and O–H groups in total. The second kappa shape index (κ2) is 4.69. The second-order valence-corrected chi connectivity index (χ2v) is 26.2. The Labute approximate surface area is 104 Å². The second-order valence-electron chi connectivity index (χ2n) is 5.75. The van der Waals surface area contributed by atoms with E-state index in [1.807, 2.05) is 0 Å². The third kappa shape index (κ3) is 1.72. The van der Waals surface area contributed by atoms with Crippen LogP contribution in [0.2, 0.25) is 3.63 Å². The molecule has 0 saturated heterocycles. The molecule has 0 aromatic heterocycles. The molecule has 0 rings (SSSR count). The van der Waals surface area contributed by atoms with Gasteiger partial charge < -0.3 is 0 Å². The van der Waals surface area contributed by atoms with Crippen molar-refractivity contribution in [1.29, 1.82) is 0 Å². The fraction of sp³-hybridized carbons (Fsp3) is 1.00. The quantitative estimate of drug-likeness (QED) is 0.761. The first kappa shape index (κ1) is 16.6. The standard InChI is InChI=1S/C5H11.3C2H6N.H2N.Ta/c1-4-5(2)3;3*1-3-2;;/h4H2,1-3H3;3*1-2H3;1H2;/q;4*-1;+4. The van der Waals surface area contributed by atoms with Crippen LogP contribution in [-0.4, -0.2) is 52.2 Å². The first-order valence-corrected chi connectivity index (χ1v) is 13.6. The van der Waals surface area contributed by atoms with Gasteiger partial charge in [0.15, 0.2) is 0 Å². The molecule has 4 nitrogen and oxygen atoms in total. The summed E-state index contributed by atoms with van der Waals surface area (Å²) in [5.74, 6) is 0. The Kier molecular flexibility index (Phi) is 4.86. The number of nitrogens with zero attached hydrogens (tertiary/aromatic N) is 3. The van der Waals surface area contributed by atoms with Gasteiger partial charge >= 0.3 is 104 Å². The summed E-state index contributed by atoms with van der Waals surface area (Å²) in [4.78, 5) is 0. The van der Waals surface area contributed by atoms with Crippen LogP contribution >= 0.6 is 0 Å². The summed E-state index contributed by atoms with van der Waals surface area (Å²) in [5, 5.41) is 0. The van der Waals surface area contributed by atoms with E-state index in [0.29, 0.717) is 0 Å². The molecule has 0 aliphatic carbocycles. The molecule has 0 amide bonds. The monoisotopic (exact) mass is 400 g/mol. The van der Waals surface area contributed by atoms with E-state index in [0.717, 1.165) is 6.42 Å². The summed E-state index contributed by atoms with van der Waals surface area (Å²) in [5.41, 5.74) is 0. The van der Waals surface area contributed by atoms with Crippen LogP contribution in [0.25, 0.3) is 0 Å². The van der Waals surface area contributed by atoms with Gasteiger partial charge in [-0.2, -0.15) is 0 Å². The van der Waals surface area contributed by atoms with Crippen LogP contribution in [0.1, 0.15) is 27.2 Å². The van der Waals surface area contributed by atoms with Crippen molar-refractivity contribution in [2.24, 2.45) is 4.14 Å². The van der Waals surface area contributed by atoms with Gasteiger partial charge in [0.25, 0.3) is 0 Å². The van der Waals surface area contributed by atoms with Crippen molar-refractivity contribution in [3.63, 3.8) is 0 Å². The molecule has 0 radical (unpaired) electrons. The summed E-state index contributed by atoms with van der Waals surface area (Å²) in [7, 11) is 12.8. The van der Waals surface area contributed by atoms with Crippen molar-refractivity contribution in [3.8, 4) is 0 Å². The van der Waals surface area contributed by atoms with Crippen LogP contribution in [0.5, 0.6) is 0 Å². The first-order chi connectivity index (χ1) is 6.97. The fourth-order valence-corrected chi connectivity index (χ4v) is 24.6. The molecule has 0 aliphatic rings. The van der Waals surface area contributed by atoms with Crippen molar-refractivity contribution in [2.45, 2.75) is 30.8 Å². The van der Waals surface area contributed by atoms with Gasteiger partial charge in [-0.3, -0.25) is 0 Å². The van der Waals surface area contributed by atoms with Crippen molar-refractivity contribution in [1.82, 2.24) is 9.91 Å². The average Bonchev–Trinajstić information content (AvgIpc) is 2.14. The van der Waals surface area contributed by atoms with Gasteiger partial charge in [-0.1, -0.05) is 0 Å². The van der Waals surface area contributed by atoms with E-state index in [-0.39, 0.29) is 3.63 Å². The Morgan fingerprint density at radius 3 is 1.19 bits per heavy atom. The van der Waals surface area contributed by atoms with Crippen LogP contribution in [0, 0.1) is 0 Å². The topological polar surface area (TPSA) is 35.7 Å². The van der Waals surface area contributed by atoms with Gasteiger partial charge in [-0.15, -0.1) is 0 Å². The maximum atomic E-state index is 7.13. The molecule has 0 aromatic rings. The summed E-state index contributed by atoms with van der Waals surface area (Å²) in [6, 6.07) is 0. The molecular formula is C11H31N4Ta. The number of rotatable bonds is 5. The van der Waals surface area contributed by atoms with Crippen molar-refractivity contribution in [2.75, 3.05) is 42.3 Å².